The van der Waals surface area contributed by atoms with Gasteiger partial charge in [0.2, 0.25) is 5.91 Å². The summed E-state index contributed by atoms with van der Waals surface area (Å²) in [6, 6.07) is 28.4. The summed E-state index contributed by atoms with van der Waals surface area (Å²) < 4.78 is 1.41. The molecule has 0 bridgehead atoms. The van der Waals surface area contributed by atoms with E-state index in [1.54, 1.807) is 12.1 Å². The van der Waals surface area contributed by atoms with Gasteiger partial charge in [0.05, 0.1) is 23.3 Å². The molecular formula is C27H26N4O2. The molecule has 1 aliphatic heterocycles. The molecule has 0 N–H and O–H groups in total. The second kappa shape index (κ2) is 9.38. The lowest BCUT2D eigenvalue weighted by molar-refractivity contribution is -0.133. The number of carbonyl (C=O) groups is 1. The lowest BCUT2D eigenvalue weighted by Crippen LogP contribution is -2.51. The second-order valence-corrected chi connectivity index (χ2v) is 8.34. The van der Waals surface area contributed by atoms with Crippen molar-refractivity contribution in [1.29, 1.82) is 0 Å². The maximum Gasteiger partial charge on any atom is 0.261 e. The van der Waals surface area contributed by atoms with Crippen LogP contribution in [0.4, 0.5) is 0 Å². The van der Waals surface area contributed by atoms with Crippen LogP contribution in [0.5, 0.6) is 0 Å². The topological polar surface area (TPSA) is 58.4 Å². The molecule has 0 unspecified atom stereocenters. The van der Waals surface area contributed by atoms with Gasteiger partial charge in [-0.25, -0.2) is 4.98 Å². The van der Waals surface area contributed by atoms with Gasteiger partial charge in [0.25, 0.3) is 5.56 Å². The number of carbonyl (C=O) groups excluding carboxylic acids is 1. The van der Waals surface area contributed by atoms with E-state index in [2.05, 4.69) is 58.4 Å². The lowest BCUT2D eigenvalue weighted by Gasteiger charge is -2.39. The number of para-hydroxylation sites is 1. The number of nitrogens with zero attached hydrogens (tertiary/aromatic N) is 4. The van der Waals surface area contributed by atoms with Crippen LogP contribution in [-0.2, 0) is 11.3 Å². The van der Waals surface area contributed by atoms with Gasteiger partial charge in [0.1, 0.15) is 6.54 Å². The first-order chi connectivity index (χ1) is 16.2. The van der Waals surface area contributed by atoms with Crippen LogP contribution in [0.15, 0.2) is 96.1 Å². The minimum absolute atomic E-state index is 0.0114. The molecule has 5 rings (SSSR count). The minimum atomic E-state index is -0.180. The third-order valence-corrected chi connectivity index (χ3v) is 6.30. The molecular weight excluding hydrogens is 412 g/mol. The number of fused-ring (bicyclic) bond motifs is 1. The van der Waals surface area contributed by atoms with Gasteiger partial charge < -0.3 is 4.90 Å². The summed E-state index contributed by atoms with van der Waals surface area (Å²) in [6.07, 6.45) is 1.47. The summed E-state index contributed by atoms with van der Waals surface area (Å²) in [5.41, 5.74) is 2.96. The summed E-state index contributed by atoms with van der Waals surface area (Å²) in [4.78, 5) is 34.3. The van der Waals surface area contributed by atoms with Crippen LogP contribution in [0.25, 0.3) is 10.9 Å². The normalized spacial score (nSPS) is 14.6. The fourth-order valence-electron chi connectivity index (χ4n) is 4.58. The fraction of sp³-hybridized carbons (Fsp3) is 0.222. The third-order valence-electron chi connectivity index (χ3n) is 6.30. The van der Waals surface area contributed by atoms with Crippen LogP contribution in [0.1, 0.15) is 17.2 Å². The average molecular weight is 439 g/mol. The lowest BCUT2D eigenvalue weighted by atomic mass is 9.96. The number of aromatic nitrogens is 2. The molecule has 0 radical (unpaired) electrons. The highest BCUT2D eigenvalue weighted by Gasteiger charge is 2.28. The van der Waals surface area contributed by atoms with Gasteiger partial charge in [-0.05, 0) is 23.3 Å². The summed E-state index contributed by atoms with van der Waals surface area (Å²) >= 11 is 0. The van der Waals surface area contributed by atoms with Crippen molar-refractivity contribution in [3.63, 3.8) is 0 Å². The largest absolute Gasteiger partial charge is 0.339 e. The van der Waals surface area contributed by atoms with Crippen LogP contribution >= 0.6 is 0 Å². The van der Waals surface area contributed by atoms with Gasteiger partial charge in [-0.3, -0.25) is 19.1 Å². The van der Waals surface area contributed by atoms with Crippen LogP contribution in [0.2, 0.25) is 0 Å². The number of hydrogen-bond acceptors (Lipinski definition) is 4. The summed E-state index contributed by atoms with van der Waals surface area (Å²) in [7, 11) is 0. The van der Waals surface area contributed by atoms with E-state index in [9.17, 15) is 9.59 Å². The van der Waals surface area contributed by atoms with Gasteiger partial charge in [-0.2, -0.15) is 0 Å². The van der Waals surface area contributed by atoms with Gasteiger partial charge in [0.15, 0.2) is 0 Å². The van der Waals surface area contributed by atoms with Crippen LogP contribution in [0, 0.1) is 0 Å². The monoisotopic (exact) mass is 438 g/mol. The molecule has 1 saturated heterocycles. The Hall–Kier alpha value is -3.77. The molecule has 1 amide bonds. The van der Waals surface area contributed by atoms with Crippen molar-refractivity contribution >= 4 is 16.8 Å². The Labute approximate surface area is 192 Å². The van der Waals surface area contributed by atoms with Crippen molar-refractivity contribution in [3.05, 3.63) is 113 Å². The Morgan fingerprint density at radius 1 is 0.788 bits per heavy atom. The SMILES string of the molecule is O=C(Cn1cnc2ccccc2c1=O)N1CCN(C(c2ccccc2)c2ccccc2)CC1. The van der Waals surface area contributed by atoms with E-state index in [1.165, 1.54) is 22.0 Å². The van der Waals surface area contributed by atoms with Gasteiger partial charge in [-0.15, -0.1) is 0 Å². The van der Waals surface area contributed by atoms with Gasteiger partial charge in [-0.1, -0.05) is 72.8 Å². The van der Waals surface area contributed by atoms with Crippen molar-refractivity contribution in [2.24, 2.45) is 0 Å². The molecule has 1 aromatic heterocycles. The molecule has 1 fully saturated rings. The van der Waals surface area contributed by atoms with Crippen LogP contribution in [0.3, 0.4) is 0 Å². The quantitative estimate of drug-likeness (QED) is 0.480. The van der Waals surface area contributed by atoms with Crippen molar-refractivity contribution in [1.82, 2.24) is 19.4 Å². The first kappa shape index (κ1) is 21.1. The molecule has 0 aliphatic carbocycles. The predicted octanol–water partition coefficient (Wildman–Crippen LogP) is 3.33. The zero-order chi connectivity index (χ0) is 22.6. The molecule has 6 nitrogen and oxygen atoms in total. The average Bonchev–Trinajstić information content (AvgIpc) is 2.88. The first-order valence-electron chi connectivity index (χ1n) is 11.3. The van der Waals surface area contributed by atoms with E-state index >= 15 is 0 Å². The molecule has 166 valence electrons. The van der Waals surface area contributed by atoms with Crippen molar-refractivity contribution < 1.29 is 4.79 Å². The fourth-order valence-corrected chi connectivity index (χ4v) is 4.58. The standard InChI is InChI=1S/C27H26N4O2/c32-25(19-31-20-28-24-14-8-7-13-23(24)27(31)33)29-15-17-30(18-16-29)26(21-9-3-1-4-10-21)22-11-5-2-6-12-22/h1-14,20,26H,15-19H2. The number of amides is 1. The summed E-state index contributed by atoms with van der Waals surface area (Å²) in [6.45, 7) is 2.81. The second-order valence-electron chi connectivity index (χ2n) is 8.34. The maximum atomic E-state index is 13.0. The van der Waals surface area contributed by atoms with Gasteiger partial charge >= 0.3 is 0 Å². The number of benzene rings is 3. The van der Waals surface area contributed by atoms with Gasteiger partial charge in [0, 0.05) is 26.2 Å². The molecule has 3 aromatic carbocycles. The molecule has 0 atom stereocenters. The Bertz CT molecular complexity index is 1260. The highest BCUT2D eigenvalue weighted by Crippen LogP contribution is 2.29. The van der Waals surface area contributed by atoms with Crippen LogP contribution in [-0.4, -0.2) is 51.4 Å². The van der Waals surface area contributed by atoms with E-state index in [0.717, 1.165) is 13.1 Å². The Morgan fingerprint density at radius 2 is 1.36 bits per heavy atom. The summed E-state index contributed by atoms with van der Waals surface area (Å²) in [5.74, 6) is -0.0511. The number of hydrogen-bond donors (Lipinski definition) is 0. The molecule has 1 aliphatic rings. The summed E-state index contributed by atoms with van der Waals surface area (Å²) in [5, 5.41) is 0.534. The molecule has 4 aromatic rings. The highest BCUT2D eigenvalue weighted by atomic mass is 16.2. The molecule has 33 heavy (non-hydrogen) atoms. The molecule has 6 heteroatoms. The Kier molecular flexibility index (Phi) is 6.00. The number of piperazine rings is 1. The zero-order valence-electron chi connectivity index (χ0n) is 18.4. The van der Waals surface area contributed by atoms with Crippen molar-refractivity contribution in [3.8, 4) is 0 Å². The van der Waals surface area contributed by atoms with E-state index in [-0.39, 0.29) is 24.1 Å². The zero-order valence-corrected chi connectivity index (χ0v) is 18.4. The molecule has 0 saturated carbocycles. The molecule has 2 heterocycles. The van der Waals surface area contributed by atoms with E-state index < -0.39 is 0 Å². The van der Waals surface area contributed by atoms with E-state index in [0.29, 0.717) is 24.0 Å². The van der Waals surface area contributed by atoms with E-state index in [1.807, 2.05) is 29.2 Å². The Morgan fingerprint density at radius 3 is 2.00 bits per heavy atom. The minimum Gasteiger partial charge on any atom is -0.339 e. The van der Waals surface area contributed by atoms with Crippen LogP contribution < -0.4 is 5.56 Å². The molecule has 0 spiro atoms. The highest BCUT2D eigenvalue weighted by molar-refractivity contribution is 5.79. The smallest absolute Gasteiger partial charge is 0.261 e. The Balaban J connectivity index is 1.29. The number of rotatable bonds is 5. The van der Waals surface area contributed by atoms with Crippen molar-refractivity contribution in [2.75, 3.05) is 26.2 Å². The maximum absolute atomic E-state index is 13.0. The van der Waals surface area contributed by atoms with E-state index in [4.69, 9.17) is 0 Å². The predicted molar refractivity (Wildman–Crippen MR) is 129 cm³/mol. The third kappa shape index (κ3) is 4.43. The van der Waals surface area contributed by atoms with Crippen molar-refractivity contribution in [2.45, 2.75) is 12.6 Å². The first-order valence-corrected chi connectivity index (χ1v) is 11.3.